The minimum atomic E-state index is -1.16. The summed E-state index contributed by atoms with van der Waals surface area (Å²) in [4.78, 5) is 20.4. The predicted octanol–water partition coefficient (Wildman–Crippen LogP) is 0.296. The Hall–Kier alpha value is -0.860. The minimum absolute atomic E-state index is 0.451. The van der Waals surface area contributed by atoms with Gasteiger partial charge in [0.25, 0.3) is 0 Å². The van der Waals surface area contributed by atoms with Crippen LogP contribution < -0.4 is 0 Å². The summed E-state index contributed by atoms with van der Waals surface area (Å²) in [5.41, 5.74) is 0. The summed E-state index contributed by atoms with van der Waals surface area (Å²) < 4.78 is 6.52. The Kier molecular flexibility index (Phi) is 1.62. The molecule has 0 radical (unpaired) electrons. The quantitative estimate of drug-likeness (QED) is 0.529. The van der Waals surface area contributed by atoms with Gasteiger partial charge in [0.2, 0.25) is 0 Å². The highest BCUT2D eigenvalue weighted by atomic mass is 16.4. The van der Waals surface area contributed by atoms with Gasteiger partial charge in [-0.2, -0.15) is 0 Å². The molecule has 8 heavy (non-hydrogen) atoms. The molecule has 3 nitrogen and oxygen atoms in total. The average Bonchev–Trinajstić information content (AvgIpc) is 1.84. The number of hydrogen-bond donors (Lipinski definition) is 1. The molecule has 0 aliphatic heterocycles. The molecule has 0 saturated carbocycles. The van der Waals surface area contributed by atoms with E-state index in [4.69, 9.17) is 6.48 Å². The fraction of sp³-hybridized carbons (Fsp3) is 0.600. The lowest BCUT2D eigenvalue weighted by Crippen LogP contribution is -2.16. The molecule has 1 unspecified atom stereocenters. The van der Waals surface area contributed by atoms with Crippen molar-refractivity contribution in [3.8, 4) is 0 Å². The van der Waals surface area contributed by atoms with E-state index in [2.05, 4.69) is 0 Å². The van der Waals surface area contributed by atoms with E-state index in [-0.39, 0.29) is 0 Å². The van der Waals surface area contributed by atoms with Crippen molar-refractivity contribution in [3.63, 3.8) is 0 Å². The van der Waals surface area contributed by atoms with Crippen LogP contribution in [0.2, 0.25) is 0 Å². The number of ketones is 1. The van der Waals surface area contributed by atoms with Crippen molar-refractivity contribution < 1.29 is 16.1 Å². The highest BCUT2D eigenvalue weighted by Crippen LogP contribution is 1.93. The summed E-state index contributed by atoms with van der Waals surface area (Å²) in [6.45, 7) is 0.826. The second-order valence-electron chi connectivity index (χ2n) is 1.53. The van der Waals surface area contributed by atoms with Gasteiger partial charge in [0.05, 0.1) is 0 Å². The van der Waals surface area contributed by atoms with Crippen LogP contribution in [0.15, 0.2) is 0 Å². The molecule has 0 fully saturated rings. The second-order valence-corrected chi connectivity index (χ2v) is 1.53. The number of carbonyl (C=O) groups excluding carboxylic acids is 1. The third kappa shape index (κ3) is 1.73. The molecule has 0 saturated heterocycles. The van der Waals surface area contributed by atoms with Gasteiger partial charge in [-0.1, -0.05) is 0 Å². The molecule has 3 heteroatoms. The Balaban J connectivity index is 3.88. The molecule has 0 aliphatic rings. The monoisotopic (exact) mass is 117 g/mol. The maximum absolute atomic E-state index is 10.4. The van der Waals surface area contributed by atoms with Gasteiger partial charge in [-0.05, 0) is 13.8 Å². The van der Waals surface area contributed by atoms with Crippen molar-refractivity contribution >= 4 is 11.8 Å². The third-order valence-electron chi connectivity index (χ3n) is 0.853. The smallest absolute Gasteiger partial charge is 0.313 e. The van der Waals surface area contributed by atoms with Gasteiger partial charge in [-0.25, -0.2) is 0 Å². The van der Waals surface area contributed by atoms with E-state index in [9.17, 15) is 9.59 Å². The van der Waals surface area contributed by atoms with Crippen LogP contribution in [0.25, 0.3) is 0 Å². The Labute approximate surface area is 48.7 Å². The maximum atomic E-state index is 10.4. The molecule has 0 aliphatic carbocycles. The van der Waals surface area contributed by atoms with Gasteiger partial charge in [-0.15, -0.1) is 0 Å². The van der Waals surface area contributed by atoms with Gasteiger partial charge in [0.1, 0.15) is 11.7 Å². The molecule has 0 aromatic heterocycles. The first-order chi connectivity index (χ1) is 4.09. The van der Waals surface area contributed by atoms with Gasteiger partial charge < -0.3 is 5.11 Å². The number of carboxylic acids is 1. The maximum Gasteiger partial charge on any atom is 0.313 e. The van der Waals surface area contributed by atoms with E-state index in [0.717, 1.165) is 0 Å². The number of rotatable bonds is 2. The molecule has 0 amide bonds. The molecule has 1 atom stereocenters. The number of Topliss-reactive ketones (excluding diaryl/α,β-unsaturated/α-hetero) is 1. The standard InChI is InChI=1S/C5H8O3/c1-3(4(2)6)5(7)8/h3H,1-2H3,(H,7,8)/i2D. The fourth-order valence-corrected chi connectivity index (χ4v) is 0.138. The molecule has 0 spiro atoms. The van der Waals surface area contributed by atoms with Crippen LogP contribution in [0, 0.1) is 5.92 Å². The molecule has 0 aromatic rings. The average molecular weight is 117 g/mol. The molecule has 0 rings (SSSR count). The summed E-state index contributed by atoms with van der Waals surface area (Å²) in [5, 5.41) is 8.18. The van der Waals surface area contributed by atoms with Gasteiger partial charge >= 0.3 is 5.97 Å². The predicted molar refractivity (Wildman–Crippen MR) is 27.5 cm³/mol. The largest absolute Gasteiger partial charge is 0.481 e. The summed E-state index contributed by atoms with van der Waals surface area (Å²) in [5.74, 6) is -2.74. The second kappa shape index (κ2) is 2.45. The lowest BCUT2D eigenvalue weighted by atomic mass is 10.1. The minimum Gasteiger partial charge on any atom is -0.481 e. The molecule has 0 bridgehead atoms. The fourth-order valence-electron chi connectivity index (χ4n) is 0.138. The van der Waals surface area contributed by atoms with Gasteiger partial charge in [0.15, 0.2) is 0 Å². The molecular weight excluding hydrogens is 108 g/mol. The van der Waals surface area contributed by atoms with E-state index < -0.39 is 24.6 Å². The van der Waals surface area contributed by atoms with E-state index >= 15 is 0 Å². The first-order valence-electron chi connectivity index (χ1n) is 2.85. The van der Waals surface area contributed by atoms with Crippen LogP contribution in [0.1, 0.15) is 15.2 Å². The van der Waals surface area contributed by atoms with Crippen LogP contribution in [0.3, 0.4) is 0 Å². The van der Waals surface area contributed by atoms with Crippen LogP contribution >= 0.6 is 0 Å². The zero-order valence-electron chi connectivity index (χ0n) is 5.55. The lowest BCUT2D eigenvalue weighted by Gasteiger charge is -1.96. The van der Waals surface area contributed by atoms with Crippen molar-refractivity contribution in [2.45, 2.75) is 13.8 Å². The Morgan fingerprint density at radius 2 is 2.25 bits per heavy atom. The van der Waals surface area contributed by atoms with Crippen molar-refractivity contribution in [1.29, 1.82) is 0 Å². The van der Waals surface area contributed by atoms with Crippen molar-refractivity contribution in [2.24, 2.45) is 5.92 Å². The van der Waals surface area contributed by atoms with E-state index in [1.54, 1.807) is 0 Å². The van der Waals surface area contributed by atoms with Gasteiger partial charge in [0, 0.05) is 1.37 Å². The third-order valence-corrected chi connectivity index (χ3v) is 0.853. The van der Waals surface area contributed by atoms with Crippen molar-refractivity contribution in [2.75, 3.05) is 0 Å². The van der Waals surface area contributed by atoms with Crippen molar-refractivity contribution in [1.82, 2.24) is 0 Å². The highest BCUT2D eigenvalue weighted by Gasteiger charge is 2.14. The van der Waals surface area contributed by atoms with Crippen molar-refractivity contribution in [3.05, 3.63) is 0 Å². The summed E-state index contributed by atoms with van der Waals surface area (Å²) in [7, 11) is 0. The summed E-state index contributed by atoms with van der Waals surface area (Å²) >= 11 is 0. The number of carboxylic acid groups (broad SMARTS) is 1. The number of aliphatic carboxylic acids is 1. The normalized spacial score (nSPS) is 14.4. The molecule has 0 aromatic carbocycles. The first kappa shape index (κ1) is 5.28. The number of hydrogen-bond acceptors (Lipinski definition) is 2. The summed E-state index contributed by atoms with van der Waals surface area (Å²) in [6.07, 6.45) is 0. The van der Waals surface area contributed by atoms with Gasteiger partial charge in [-0.3, -0.25) is 9.59 Å². The molecular formula is C5H8O3. The lowest BCUT2D eigenvalue weighted by molar-refractivity contribution is -0.144. The zero-order valence-corrected chi connectivity index (χ0v) is 4.55. The van der Waals surface area contributed by atoms with Crippen LogP contribution in [0.5, 0.6) is 0 Å². The number of carbonyl (C=O) groups is 2. The highest BCUT2D eigenvalue weighted by molar-refractivity contribution is 5.96. The van der Waals surface area contributed by atoms with E-state index in [0.29, 0.717) is 0 Å². The summed E-state index contributed by atoms with van der Waals surface area (Å²) in [6, 6.07) is 0. The molecule has 1 N–H and O–H groups in total. The Morgan fingerprint density at radius 3 is 2.38 bits per heavy atom. The van der Waals surface area contributed by atoms with E-state index in [1.165, 1.54) is 6.92 Å². The first-order valence-corrected chi connectivity index (χ1v) is 2.14. The molecule has 46 valence electrons. The van der Waals surface area contributed by atoms with E-state index in [1.807, 2.05) is 0 Å². The van der Waals surface area contributed by atoms with Crippen LogP contribution in [0.4, 0.5) is 0 Å². The Bertz CT molecular complexity index is 132. The Morgan fingerprint density at radius 1 is 1.75 bits per heavy atom. The van der Waals surface area contributed by atoms with Crippen LogP contribution in [-0.4, -0.2) is 16.9 Å². The topological polar surface area (TPSA) is 54.4 Å². The molecule has 0 heterocycles. The van der Waals surface area contributed by atoms with Crippen LogP contribution in [-0.2, 0) is 9.59 Å². The SMILES string of the molecule is [2H]CC(=O)C(C)C(=O)O. The zero-order chi connectivity index (χ0) is 7.44.